The summed E-state index contributed by atoms with van der Waals surface area (Å²) in [5.41, 5.74) is 3.31. The van der Waals surface area contributed by atoms with Gasteiger partial charge in [-0.15, -0.1) is 10.2 Å². The number of benzene rings is 2. The van der Waals surface area contributed by atoms with E-state index in [1.165, 1.54) is 6.07 Å². The Hall–Kier alpha value is -2.78. The van der Waals surface area contributed by atoms with E-state index in [9.17, 15) is 16.8 Å². The molecule has 1 aromatic heterocycles. The van der Waals surface area contributed by atoms with Gasteiger partial charge in [0.2, 0.25) is 0 Å². The molecule has 9 heteroatoms. The van der Waals surface area contributed by atoms with Gasteiger partial charge in [-0.05, 0) is 61.4 Å². The maximum absolute atomic E-state index is 12.6. The number of hydrogen-bond acceptors (Lipinski definition) is 6. The Kier molecular flexibility index (Phi) is 5.22. The first-order valence-corrected chi connectivity index (χ1v) is 11.7. The lowest BCUT2D eigenvalue weighted by molar-refractivity contribution is 0.595. The molecule has 0 radical (unpaired) electrons. The SMILES string of the molecule is Cc1cc(C)cc(S(=O)(=O)Nc2ccc(-c3ccc(S(C)(=O)=O)nn3)cc2)c1. The molecule has 0 spiro atoms. The maximum atomic E-state index is 12.6. The number of sulfone groups is 1. The van der Waals surface area contributed by atoms with Crippen molar-refractivity contribution in [1.82, 2.24) is 10.2 Å². The molecular formula is C19H19N3O4S2. The van der Waals surface area contributed by atoms with Gasteiger partial charge in [0.25, 0.3) is 10.0 Å². The number of hydrogen-bond donors (Lipinski definition) is 1. The van der Waals surface area contributed by atoms with E-state index < -0.39 is 19.9 Å². The Balaban J connectivity index is 1.82. The van der Waals surface area contributed by atoms with Crippen LogP contribution in [0, 0.1) is 13.8 Å². The third-order valence-electron chi connectivity index (χ3n) is 3.96. The van der Waals surface area contributed by atoms with E-state index in [0.717, 1.165) is 17.4 Å². The van der Waals surface area contributed by atoms with E-state index in [4.69, 9.17) is 0 Å². The second kappa shape index (κ2) is 7.33. The lowest BCUT2D eigenvalue weighted by Gasteiger charge is -2.10. The van der Waals surface area contributed by atoms with Gasteiger partial charge in [-0.25, -0.2) is 16.8 Å². The second-order valence-electron chi connectivity index (χ2n) is 6.54. The lowest BCUT2D eigenvalue weighted by Crippen LogP contribution is -2.13. The van der Waals surface area contributed by atoms with Crippen molar-refractivity contribution in [3.63, 3.8) is 0 Å². The molecule has 3 aromatic rings. The number of nitrogens with zero attached hydrogens (tertiary/aromatic N) is 2. The van der Waals surface area contributed by atoms with E-state index >= 15 is 0 Å². The minimum atomic E-state index is -3.70. The molecule has 3 rings (SSSR count). The number of nitrogens with one attached hydrogen (secondary N) is 1. The average molecular weight is 418 g/mol. The molecule has 0 aliphatic carbocycles. The smallest absolute Gasteiger partial charge is 0.261 e. The lowest BCUT2D eigenvalue weighted by atomic mass is 10.1. The summed E-state index contributed by atoms with van der Waals surface area (Å²) in [4.78, 5) is 0.205. The van der Waals surface area contributed by atoms with Crippen LogP contribution < -0.4 is 4.72 Å². The monoisotopic (exact) mass is 417 g/mol. The first-order chi connectivity index (χ1) is 13.0. The normalized spacial score (nSPS) is 12.0. The first kappa shape index (κ1) is 20.0. The van der Waals surface area contributed by atoms with E-state index in [1.807, 2.05) is 19.9 Å². The second-order valence-corrected chi connectivity index (χ2v) is 10.2. The third-order valence-corrected chi connectivity index (χ3v) is 6.30. The zero-order chi connectivity index (χ0) is 20.5. The number of aryl methyl sites for hydroxylation is 2. The van der Waals surface area contributed by atoms with Gasteiger partial charge in [0.15, 0.2) is 14.9 Å². The minimum Gasteiger partial charge on any atom is -0.280 e. The molecule has 0 atom stereocenters. The zero-order valence-corrected chi connectivity index (χ0v) is 17.2. The molecule has 0 saturated carbocycles. The summed E-state index contributed by atoms with van der Waals surface area (Å²) in [5, 5.41) is 7.53. The van der Waals surface area contributed by atoms with Crippen molar-refractivity contribution in [2.45, 2.75) is 23.8 Å². The molecule has 0 aliphatic rings. The van der Waals surface area contributed by atoms with Crippen LogP contribution in [0.2, 0.25) is 0 Å². The van der Waals surface area contributed by atoms with Crippen LogP contribution in [0.1, 0.15) is 11.1 Å². The highest BCUT2D eigenvalue weighted by atomic mass is 32.2. The first-order valence-electron chi connectivity index (χ1n) is 8.30. The summed E-state index contributed by atoms with van der Waals surface area (Å²) in [5.74, 6) is 0. The van der Waals surface area contributed by atoms with Crippen molar-refractivity contribution in [1.29, 1.82) is 0 Å². The van der Waals surface area contributed by atoms with Crippen LogP contribution in [0.5, 0.6) is 0 Å². The summed E-state index contributed by atoms with van der Waals surface area (Å²) in [6.45, 7) is 3.69. The topological polar surface area (TPSA) is 106 Å². The molecule has 7 nitrogen and oxygen atoms in total. The van der Waals surface area contributed by atoms with E-state index in [1.54, 1.807) is 42.5 Å². The summed E-state index contributed by atoms with van der Waals surface area (Å²) in [6, 6.07) is 14.7. The van der Waals surface area contributed by atoms with Crippen LogP contribution in [0.3, 0.4) is 0 Å². The molecule has 2 aromatic carbocycles. The van der Waals surface area contributed by atoms with Gasteiger partial charge in [-0.1, -0.05) is 18.2 Å². The fourth-order valence-corrected chi connectivity index (χ4v) is 4.43. The fourth-order valence-electron chi connectivity index (χ4n) is 2.68. The number of anilines is 1. The molecule has 1 heterocycles. The number of aromatic nitrogens is 2. The molecule has 0 amide bonds. The predicted octanol–water partition coefficient (Wildman–Crippen LogP) is 2.96. The molecule has 0 unspecified atom stereocenters. The van der Waals surface area contributed by atoms with Gasteiger partial charge in [-0.2, -0.15) is 0 Å². The summed E-state index contributed by atoms with van der Waals surface area (Å²) in [7, 11) is -7.11. The van der Waals surface area contributed by atoms with Gasteiger partial charge in [0.1, 0.15) is 0 Å². The minimum absolute atomic E-state index is 0.103. The standard InChI is InChI=1S/C19H19N3O4S2/c1-13-10-14(2)12-17(11-13)28(25,26)22-16-6-4-15(5-7-16)18-8-9-19(21-20-18)27(3,23)24/h4-12,22H,1-3H3. The average Bonchev–Trinajstić information content (AvgIpc) is 2.61. The van der Waals surface area contributed by atoms with Gasteiger partial charge < -0.3 is 0 Å². The molecule has 1 N–H and O–H groups in total. The van der Waals surface area contributed by atoms with Crippen LogP contribution in [0.15, 0.2) is 64.5 Å². The maximum Gasteiger partial charge on any atom is 0.261 e. The van der Waals surface area contributed by atoms with Crippen LogP contribution in [-0.4, -0.2) is 33.3 Å². The van der Waals surface area contributed by atoms with E-state index in [2.05, 4.69) is 14.9 Å². The van der Waals surface area contributed by atoms with Gasteiger partial charge >= 0.3 is 0 Å². The van der Waals surface area contributed by atoms with Gasteiger partial charge in [0.05, 0.1) is 10.6 Å². The molecule has 146 valence electrons. The van der Waals surface area contributed by atoms with Crippen LogP contribution in [0.25, 0.3) is 11.3 Å². The third kappa shape index (κ3) is 4.55. The Bertz CT molecular complexity index is 1200. The van der Waals surface area contributed by atoms with Crippen molar-refractivity contribution < 1.29 is 16.8 Å². The van der Waals surface area contributed by atoms with Crippen molar-refractivity contribution in [3.8, 4) is 11.3 Å². The largest absolute Gasteiger partial charge is 0.280 e. The van der Waals surface area contributed by atoms with E-state index in [0.29, 0.717) is 16.9 Å². The molecular weight excluding hydrogens is 398 g/mol. The molecule has 0 bridgehead atoms. The Morgan fingerprint density at radius 3 is 1.89 bits per heavy atom. The number of rotatable bonds is 5. The molecule has 0 aliphatic heterocycles. The van der Waals surface area contributed by atoms with Crippen LogP contribution in [-0.2, 0) is 19.9 Å². The number of sulfonamides is 1. The summed E-state index contributed by atoms with van der Waals surface area (Å²) in [6.07, 6.45) is 1.06. The molecule has 0 fully saturated rings. The fraction of sp³-hybridized carbons (Fsp3) is 0.158. The quantitative estimate of drug-likeness (QED) is 0.684. The Morgan fingerprint density at radius 1 is 0.786 bits per heavy atom. The molecule has 28 heavy (non-hydrogen) atoms. The highest BCUT2D eigenvalue weighted by molar-refractivity contribution is 7.92. The summed E-state index contributed by atoms with van der Waals surface area (Å²) >= 11 is 0. The van der Waals surface area contributed by atoms with Crippen molar-refractivity contribution in [2.75, 3.05) is 11.0 Å². The van der Waals surface area contributed by atoms with Crippen LogP contribution >= 0.6 is 0 Å². The van der Waals surface area contributed by atoms with Gasteiger partial charge in [-0.3, -0.25) is 4.72 Å². The molecule has 0 saturated heterocycles. The zero-order valence-electron chi connectivity index (χ0n) is 15.5. The van der Waals surface area contributed by atoms with Crippen molar-refractivity contribution in [3.05, 3.63) is 65.7 Å². The van der Waals surface area contributed by atoms with Gasteiger partial charge in [0, 0.05) is 17.5 Å². The van der Waals surface area contributed by atoms with Crippen molar-refractivity contribution >= 4 is 25.5 Å². The predicted molar refractivity (Wildman–Crippen MR) is 107 cm³/mol. The Morgan fingerprint density at radius 2 is 1.39 bits per heavy atom. The highest BCUT2D eigenvalue weighted by Crippen LogP contribution is 2.22. The van der Waals surface area contributed by atoms with Crippen molar-refractivity contribution in [2.24, 2.45) is 0 Å². The Labute approximate surface area is 164 Å². The van der Waals surface area contributed by atoms with Crippen LogP contribution in [0.4, 0.5) is 5.69 Å². The van der Waals surface area contributed by atoms with E-state index in [-0.39, 0.29) is 9.92 Å². The summed E-state index contributed by atoms with van der Waals surface area (Å²) < 4.78 is 50.7. The highest BCUT2D eigenvalue weighted by Gasteiger charge is 2.15.